The molecular formula is C18H22ClN3O3S. The fourth-order valence-corrected chi connectivity index (χ4v) is 4.11. The number of sulfonamides is 1. The first kappa shape index (κ1) is 20.1. The van der Waals surface area contributed by atoms with E-state index in [1.807, 2.05) is 38.1 Å². The summed E-state index contributed by atoms with van der Waals surface area (Å²) in [5, 5.41) is 5.70. The van der Waals surface area contributed by atoms with Gasteiger partial charge >= 0.3 is 6.03 Å². The summed E-state index contributed by atoms with van der Waals surface area (Å²) in [7, 11) is -3.56. The topological polar surface area (TPSA) is 78.5 Å². The molecule has 0 radical (unpaired) electrons. The molecule has 0 unspecified atom stereocenters. The second kappa shape index (κ2) is 8.42. The van der Waals surface area contributed by atoms with E-state index >= 15 is 0 Å². The molecular weight excluding hydrogens is 374 g/mol. The van der Waals surface area contributed by atoms with Crippen molar-refractivity contribution < 1.29 is 13.2 Å². The molecule has 8 heteroatoms. The molecule has 0 bridgehead atoms. The number of para-hydroxylation sites is 1. The van der Waals surface area contributed by atoms with Gasteiger partial charge in [0.2, 0.25) is 10.0 Å². The van der Waals surface area contributed by atoms with Crippen molar-refractivity contribution in [1.82, 2.24) is 5.32 Å². The molecule has 0 spiro atoms. The van der Waals surface area contributed by atoms with Crippen LogP contribution in [-0.4, -0.2) is 33.8 Å². The number of hydrogen-bond acceptors (Lipinski definition) is 3. The molecule has 0 aliphatic heterocycles. The Hall–Kier alpha value is -2.25. The highest BCUT2D eigenvalue weighted by atomic mass is 35.5. The second-order valence-corrected chi connectivity index (χ2v) is 8.31. The Morgan fingerprint density at radius 1 is 1.15 bits per heavy atom. The number of nitrogens with one attached hydrogen (secondary N) is 2. The van der Waals surface area contributed by atoms with E-state index in [2.05, 4.69) is 10.6 Å². The van der Waals surface area contributed by atoms with Gasteiger partial charge in [-0.05, 0) is 43.2 Å². The van der Waals surface area contributed by atoms with Gasteiger partial charge in [0, 0.05) is 12.2 Å². The van der Waals surface area contributed by atoms with Gasteiger partial charge in [0.05, 0.1) is 23.5 Å². The highest BCUT2D eigenvalue weighted by molar-refractivity contribution is 7.92. The highest BCUT2D eigenvalue weighted by Crippen LogP contribution is 2.32. The number of carbonyl (C=O) groups is 1. The van der Waals surface area contributed by atoms with Crippen LogP contribution in [0.15, 0.2) is 42.5 Å². The lowest BCUT2D eigenvalue weighted by Gasteiger charge is -2.25. The summed E-state index contributed by atoms with van der Waals surface area (Å²) in [6.07, 6.45) is 1.12. The van der Waals surface area contributed by atoms with E-state index in [0.717, 1.165) is 17.4 Å². The number of amides is 2. The van der Waals surface area contributed by atoms with Crippen LogP contribution in [-0.2, 0) is 10.0 Å². The molecule has 2 amide bonds. The lowest BCUT2D eigenvalue weighted by Crippen LogP contribution is -2.40. The Labute approximate surface area is 159 Å². The molecule has 0 aliphatic carbocycles. The zero-order valence-corrected chi connectivity index (χ0v) is 16.5. The lowest BCUT2D eigenvalue weighted by atomic mass is 10.1. The van der Waals surface area contributed by atoms with Crippen molar-refractivity contribution in [2.24, 2.45) is 0 Å². The van der Waals surface area contributed by atoms with E-state index in [9.17, 15) is 13.2 Å². The van der Waals surface area contributed by atoms with E-state index in [1.54, 1.807) is 18.2 Å². The number of aryl methyl sites for hydroxylation is 2. The minimum atomic E-state index is -3.56. The van der Waals surface area contributed by atoms with Crippen molar-refractivity contribution in [2.75, 3.05) is 29.0 Å². The van der Waals surface area contributed by atoms with Gasteiger partial charge in [-0.25, -0.2) is 13.2 Å². The number of urea groups is 1. The molecule has 2 aromatic rings. The molecule has 26 heavy (non-hydrogen) atoms. The molecule has 0 atom stereocenters. The van der Waals surface area contributed by atoms with E-state index in [0.29, 0.717) is 16.4 Å². The Morgan fingerprint density at radius 3 is 2.38 bits per heavy atom. The number of anilines is 2. The van der Waals surface area contributed by atoms with Crippen molar-refractivity contribution in [3.8, 4) is 0 Å². The average Bonchev–Trinajstić information content (AvgIpc) is 2.52. The van der Waals surface area contributed by atoms with E-state index in [1.165, 1.54) is 4.31 Å². The van der Waals surface area contributed by atoms with Crippen molar-refractivity contribution in [3.05, 3.63) is 58.6 Å². The Balaban J connectivity index is 2.07. The predicted molar refractivity (Wildman–Crippen MR) is 107 cm³/mol. The molecule has 2 rings (SSSR count). The molecule has 0 saturated carbocycles. The molecule has 0 fully saturated rings. The van der Waals surface area contributed by atoms with Gasteiger partial charge in [0.1, 0.15) is 0 Å². The number of benzene rings is 2. The van der Waals surface area contributed by atoms with Crippen LogP contribution in [0.1, 0.15) is 11.1 Å². The zero-order valence-electron chi connectivity index (χ0n) is 14.9. The van der Waals surface area contributed by atoms with Crippen molar-refractivity contribution in [3.63, 3.8) is 0 Å². The standard InChI is InChI=1S/C18H22ClN3O3S/c1-13-11-14(2)17(16(19)12-13)22(26(3,24)25)10-9-20-18(23)21-15-7-5-4-6-8-15/h4-8,11-12H,9-10H2,1-3H3,(H2,20,21,23). The maximum Gasteiger partial charge on any atom is 0.319 e. The van der Waals surface area contributed by atoms with Crippen LogP contribution in [0.2, 0.25) is 5.02 Å². The molecule has 2 aromatic carbocycles. The van der Waals surface area contributed by atoms with E-state index in [4.69, 9.17) is 11.6 Å². The molecule has 2 N–H and O–H groups in total. The molecule has 0 heterocycles. The highest BCUT2D eigenvalue weighted by Gasteiger charge is 2.22. The second-order valence-electron chi connectivity index (χ2n) is 5.99. The first-order valence-electron chi connectivity index (χ1n) is 8.03. The summed E-state index contributed by atoms with van der Waals surface area (Å²) < 4.78 is 25.7. The quantitative estimate of drug-likeness (QED) is 0.785. The third kappa shape index (κ3) is 5.37. The van der Waals surface area contributed by atoms with Crippen LogP contribution in [0, 0.1) is 13.8 Å². The molecule has 140 valence electrons. The molecule has 0 aromatic heterocycles. The lowest BCUT2D eigenvalue weighted by molar-refractivity contribution is 0.252. The molecule has 0 aliphatic rings. The third-order valence-electron chi connectivity index (χ3n) is 3.68. The maximum atomic E-state index is 12.2. The van der Waals surface area contributed by atoms with Gasteiger partial charge in [-0.15, -0.1) is 0 Å². The van der Waals surface area contributed by atoms with Gasteiger partial charge in [-0.1, -0.05) is 35.9 Å². The zero-order chi connectivity index (χ0) is 19.3. The first-order valence-corrected chi connectivity index (χ1v) is 10.3. The predicted octanol–water partition coefficient (Wildman–Crippen LogP) is 3.54. The summed E-state index contributed by atoms with van der Waals surface area (Å²) >= 11 is 6.28. The minimum Gasteiger partial charge on any atom is -0.336 e. The van der Waals surface area contributed by atoms with E-state index in [-0.39, 0.29) is 13.1 Å². The SMILES string of the molecule is Cc1cc(C)c(N(CCNC(=O)Nc2ccccc2)S(C)(=O)=O)c(Cl)c1. The van der Waals surface area contributed by atoms with Crippen LogP contribution in [0.25, 0.3) is 0 Å². The number of carbonyl (C=O) groups excluding carboxylic acids is 1. The Kier molecular flexibility index (Phi) is 6.50. The smallest absolute Gasteiger partial charge is 0.319 e. The minimum absolute atomic E-state index is 0.0741. The van der Waals surface area contributed by atoms with Gasteiger partial charge in [-0.2, -0.15) is 0 Å². The van der Waals surface area contributed by atoms with Crippen LogP contribution in [0.5, 0.6) is 0 Å². The van der Waals surface area contributed by atoms with Crippen LogP contribution in [0.3, 0.4) is 0 Å². The summed E-state index contributed by atoms with van der Waals surface area (Å²) in [5.41, 5.74) is 2.80. The largest absolute Gasteiger partial charge is 0.336 e. The number of halogens is 1. The fraction of sp³-hybridized carbons (Fsp3) is 0.278. The van der Waals surface area contributed by atoms with E-state index < -0.39 is 16.1 Å². The summed E-state index contributed by atoms with van der Waals surface area (Å²) in [4.78, 5) is 11.9. The molecule has 0 saturated heterocycles. The Morgan fingerprint density at radius 2 is 1.81 bits per heavy atom. The maximum absolute atomic E-state index is 12.2. The number of rotatable bonds is 6. The summed E-state index contributed by atoms with van der Waals surface area (Å²) in [6, 6.07) is 12.2. The van der Waals surface area contributed by atoms with Crippen LogP contribution in [0.4, 0.5) is 16.2 Å². The summed E-state index contributed by atoms with van der Waals surface area (Å²) in [5.74, 6) is 0. The number of hydrogen-bond donors (Lipinski definition) is 2. The van der Waals surface area contributed by atoms with Crippen molar-refractivity contribution >= 4 is 39.0 Å². The normalized spacial score (nSPS) is 11.1. The van der Waals surface area contributed by atoms with Gasteiger partial charge < -0.3 is 10.6 Å². The van der Waals surface area contributed by atoms with Crippen LogP contribution >= 0.6 is 11.6 Å². The van der Waals surface area contributed by atoms with Gasteiger partial charge in [-0.3, -0.25) is 4.31 Å². The first-order chi connectivity index (χ1) is 12.2. The van der Waals surface area contributed by atoms with Crippen molar-refractivity contribution in [2.45, 2.75) is 13.8 Å². The Bertz CT molecular complexity index is 863. The van der Waals surface area contributed by atoms with Crippen molar-refractivity contribution in [1.29, 1.82) is 0 Å². The van der Waals surface area contributed by atoms with Gasteiger partial charge in [0.25, 0.3) is 0 Å². The van der Waals surface area contributed by atoms with Gasteiger partial charge in [0.15, 0.2) is 0 Å². The third-order valence-corrected chi connectivity index (χ3v) is 5.13. The summed E-state index contributed by atoms with van der Waals surface area (Å²) in [6.45, 7) is 3.91. The average molecular weight is 396 g/mol. The number of nitrogens with zero attached hydrogens (tertiary/aromatic N) is 1. The monoisotopic (exact) mass is 395 g/mol. The molecule has 6 nitrogen and oxygen atoms in total. The fourth-order valence-electron chi connectivity index (χ4n) is 2.64. The van der Waals surface area contributed by atoms with Crippen LogP contribution < -0.4 is 14.9 Å².